The second-order valence-corrected chi connectivity index (χ2v) is 13.9. The third-order valence-corrected chi connectivity index (χ3v) is 11.8. The van der Waals surface area contributed by atoms with Crippen LogP contribution >= 0.6 is 0 Å². The number of aryl methyl sites for hydroxylation is 1. The van der Waals surface area contributed by atoms with Crippen LogP contribution in [0, 0.1) is 29.6 Å². The number of aromatic hydroxyl groups is 1. The topological polar surface area (TPSA) is 62.2 Å². The van der Waals surface area contributed by atoms with Crippen LogP contribution in [0.4, 0.5) is 0 Å². The van der Waals surface area contributed by atoms with Gasteiger partial charge in [0.1, 0.15) is 11.7 Å². The number of likely N-dealkylation sites (tertiary alicyclic amines) is 1. The molecule has 4 saturated carbocycles. The van der Waals surface area contributed by atoms with E-state index in [2.05, 4.69) is 45.6 Å². The van der Waals surface area contributed by atoms with Gasteiger partial charge < -0.3 is 19.7 Å². The van der Waals surface area contributed by atoms with Crippen molar-refractivity contribution in [3.63, 3.8) is 0 Å². The number of nitrogens with zero attached hydrogens (tertiary/aromatic N) is 1. The Morgan fingerprint density at radius 3 is 2.49 bits per heavy atom. The van der Waals surface area contributed by atoms with Crippen molar-refractivity contribution in [1.29, 1.82) is 0 Å². The predicted molar refractivity (Wildman–Crippen MR) is 137 cm³/mol. The lowest BCUT2D eigenvalue weighted by Gasteiger charge is -2.74. The molecule has 1 saturated heterocycles. The lowest BCUT2D eigenvalue weighted by atomic mass is 9.35. The molecule has 2 bridgehead atoms. The van der Waals surface area contributed by atoms with Crippen LogP contribution in [0.25, 0.3) is 0 Å². The van der Waals surface area contributed by atoms with Crippen molar-refractivity contribution in [3.05, 3.63) is 23.3 Å². The van der Waals surface area contributed by atoms with Crippen LogP contribution in [0.15, 0.2) is 12.1 Å². The largest absolute Gasteiger partial charge is 0.504 e. The summed E-state index contributed by atoms with van der Waals surface area (Å²) in [5.41, 5.74) is 0.314. The van der Waals surface area contributed by atoms with Crippen molar-refractivity contribution in [1.82, 2.24) is 4.90 Å². The number of aliphatic hydroxyl groups is 1. The average Bonchev–Trinajstić information content (AvgIpc) is 3.54. The van der Waals surface area contributed by atoms with Gasteiger partial charge in [-0.2, -0.15) is 0 Å². The summed E-state index contributed by atoms with van der Waals surface area (Å²) in [6.07, 6.45) is 6.38. The van der Waals surface area contributed by atoms with Crippen LogP contribution in [0.2, 0.25) is 0 Å². The third kappa shape index (κ3) is 2.76. The Morgan fingerprint density at radius 2 is 1.86 bits per heavy atom. The highest BCUT2D eigenvalue weighted by Crippen LogP contribution is 2.76. The van der Waals surface area contributed by atoms with Crippen molar-refractivity contribution in [2.24, 2.45) is 22.7 Å². The molecule has 1 aromatic rings. The molecule has 0 aromatic heterocycles. The van der Waals surface area contributed by atoms with Crippen molar-refractivity contribution in [2.75, 3.05) is 20.2 Å². The summed E-state index contributed by atoms with van der Waals surface area (Å²) >= 11 is 0. The molecule has 2 aliphatic heterocycles. The number of methoxy groups -OCH3 is 1. The summed E-state index contributed by atoms with van der Waals surface area (Å²) in [5, 5.41) is 23.2. The molecule has 5 nitrogen and oxygen atoms in total. The monoisotopic (exact) mass is 483 g/mol. The summed E-state index contributed by atoms with van der Waals surface area (Å²) in [6, 6.07) is 4.22. The molecule has 0 radical (unpaired) electrons. The van der Waals surface area contributed by atoms with Crippen LogP contribution < -0.4 is 4.74 Å². The molecule has 0 amide bonds. The highest BCUT2D eigenvalue weighted by Gasteiger charge is 2.80. The van der Waals surface area contributed by atoms with Crippen molar-refractivity contribution in [2.45, 2.75) is 109 Å². The van der Waals surface area contributed by atoms with E-state index in [1.54, 1.807) is 6.07 Å². The maximum Gasteiger partial charge on any atom is 0.165 e. The van der Waals surface area contributed by atoms with Crippen LogP contribution in [0.5, 0.6) is 11.5 Å². The molecular weight excluding hydrogens is 438 g/mol. The first-order chi connectivity index (χ1) is 16.4. The molecule has 5 heteroatoms. The van der Waals surface area contributed by atoms with Crippen molar-refractivity contribution >= 4 is 0 Å². The van der Waals surface area contributed by atoms with Gasteiger partial charge in [-0.3, -0.25) is 4.90 Å². The zero-order valence-electron chi connectivity index (χ0n) is 22.8. The van der Waals surface area contributed by atoms with Crippen molar-refractivity contribution < 1.29 is 19.7 Å². The molecule has 6 aliphatic rings. The molecule has 7 rings (SSSR count). The number of hydrogen-bond donors (Lipinski definition) is 2. The van der Waals surface area contributed by atoms with Crippen LogP contribution in [0.1, 0.15) is 84.3 Å². The van der Waals surface area contributed by atoms with E-state index in [0.717, 1.165) is 38.1 Å². The Hall–Kier alpha value is -1.30. The number of phenolic OH excluding ortho intramolecular Hbond substituents is 1. The fraction of sp³-hybridized carbons (Fsp3) is 0.800. The molecule has 2 heterocycles. The summed E-state index contributed by atoms with van der Waals surface area (Å²) in [7, 11) is 1.82. The first kappa shape index (κ1) is 24.1. The minimum Gasteiger partial charge on any atom is -0.504 e. The van der Waals surface area contributed by atoms with E-state index in [9.17, 15) is 10.2 Å². The SMILES string of the molecule is CO[C@]12CC[C@@]3(CC1[C@](C)(O)C(C)(C)C)[C@@H](C)N(CC1CC1)CC[C@@]31c3c(C)ccc(O)c3O[C@H]12. The van der Waals surface area contributed by atoms with E-state index in [-0.39, 0.29) is 34.0 Å². The minimum atomic E-state index is -0.934. The number of benzene rings is 1. The van der Waals surface area contributed by atoms with E-state index in [1.165, 1.54) is 30.5 Å². The fourth-order valence-corrected chi connectivity index (χ4v) is 9.22. The third-order valence-electron chi connectivity index (χ3n) is 11.8. The second-order valence-electron chi connectivity index (χ2n) is 13.9. The van der Waals surface area contributed by atoms with E-state index in [0.29, 0.717) is 11.8 Å². The van der Waals surface area contributed by atoms with Crippen LogP contribution in [-0.2, 0) is 10.2 Å². The quantitative estimate of drug-likeness (QED) is 0.617. The molecule has 194 valence electrons. The van der Waals surface area contributed by atoms with Gasteiger partial charge in [0, 0.05) is 36.6 Å². The minimum absolute atomic E-state index is 0.0468. The molecule has 7 atom stereocenters. The highest BCUT2D eigenvalue weighted by molar-refractivity contribution is 5.61. The van der Waals surface area contributed by atoms with Gasteiger partial charge in [0.15, 0.2) is 11.5 Å². The normalized spacial score (nSPS) is 42.1. The van der Waals surface area contributed by atoms with Gasteiger partial charge in [-0.1, -0.05) is 26.8 Å². The number of ether oxygens (including phenoxy) is 2. The first-order valence-electron chi connectivity index (χ1n) is 13.9. The molecule has 1 aromatic carbocycles. The summed E-state index contributed by atoms with van der Waals surface area (Å²) in [4.78, 5) is 2.75. The Labute approximate surface area is 211 Å². The number of hydrogen-bond acceptors (Lipinski definition) is 5. The van der Waals surface area contributed by atoms with Gasteiger partial charge in [0.2, 0.25) is 0 Å². The van der Waals surface area contributed by atoms with E-state index >= 15 is 0 Å². The summed E-state index contributed by atoms with van der Waals surface area (Å²) < 4.78 is 13.5. The Morgan fingerprint density at radius 1 is 1.14 bits per heavy atom. The van der Waals surface area contributed by atoms with E-state index < -0.39 is 11.2 Å². The molecule has 2 spiro atoms. The van der Waals surface area contributed by atoms with Gasteiger partial charge in [0.25, 0.3) is 0 Å². The number of rotatable bonds is 4. The Bertz CT molecular complexity index is 1040. The zero-order chi connectivity index (χ0) is 25.2. The van der Waals surface area contributed by atoms with E-state index in [4.69, 9.17) is 9.47 Å². The lowest BCUT2D eigenvalue weighted by molar-refractivity contribution is -0.309. The van der Waals surface area contributed by atoms with Crippen LogP contribution in [-0.4, -0.2) is 58.7 Å². The summed E-state index contributed by atoms with van der Waals surface area (Å²) in [5.74, 6) is 1.69. The number of phenols is 1. The fourth-order valence-electron chi connectivity index (χ4n) is 9.22. The van der Waals surface area contributed by atoms with Gasteiger partial charge in [-0.25, -0.2) is 0 Å². The molecular formula is C30H45NO4. The molecule has 1 unspecified atom stereocenters. The van der Waals surface area contributed by atoms with Crippen molar-refractivity contribution in [3.8, 4) is 11.5 Å². The maximum atomic E-state index is 12.2. The van der Waals surface area contributed by atoms with Gasteiger partial charge in [0.05, 0.1) is 5.60 Å². The molecule has 5 fully saturated rings. The van der Waals surface area contributed by atoms with E-state index in [1.807, 2.05) is 14.0 Å². The standard InChI is InChI=1S/C30H45NO4/c1-18-8-11-21(32)24-23(18)29-14-15-31(17-20-9-10-20)19(2)28(29)12-13-30(34-7,25(29)35-24)22(16-28)27(6,33)26(3,4)5/h8,11,19-20,22,25,32-33H,9-10,12-17H2,1-7H3/t19-,22?,25-,27+,28-,29+,30-/m1/s1. The smallest absolute Gasteiger partial charge is 0.165 e. The lowest BCUT2D eigenvalue weighted by Crippen LogP contribution is -2.81. The Balaban J connectivity index is 1.59. The van der Waals surface area contributed by atoms with Gasteiger partial charge in [-0.15, -0.1) is 0 Å². The molecule has 4 aliphatic carbocycles. The van der Waals surface area contributed by atoms with Gasteiger partial charge >= 0.3 is 0 Å². The summed E-state index contributed by atoms with van der Waals surface area (Å²) in [6.45, 7) is 15.3. The Kier molecular flexibility index (Phi) is 4.93. The second kappa shape index (κ2) is 7.17. The maximum absolute atomic E-state index is 12.2. The molecule has 35 heavy (non-hydrogen) atoms. The number of piperidine rings is 1. The van der Waals surface area contributed by atoms with Crippen LogP contribution in [0.3, 0.4) is 0 Å². The zero-order valence-corrected chi connectivity index (χ0v) is 22.8. The average molecular weight is 484 g/mol. The number of fused-ring (bicyclic) bond motifs is 3. The predicted octanol–water partition coefficient (Wildman–Crippen LogP) is 5.19. The highest BCUT2D eigenvalue weighted by atomic mass is 16.6. The first-order valence-corrected chi connectivity index (χ1v) is 13.9. The van der Waals surface area contributed by atoms with Gasteiger partial charge in [-0.05, 0) is 94.2 Å². The molecule has 2 N–H and O–H groups in total.